The zero-order valence-corrected chi connectivity index (χ0v) is 9.96. The maximum absolute atomic E-state index is 4.13. The van der Waals surface area contributed by atoms with E-state index in [1.165, 1.54) is 20.9 Å². The molecule has 4 heteroatoms. The third-order valence-corrected chi connectivity index (χ3v) is 4.06. The number of thiazole rings is 1. The van der Waals surface area contributed by atoms with E-state index in [0.29, 0.717) is 0 Å². The van der Waals surface area contributed by atoms with Gasteiger partial charge in [-0.05, 0) is 12.1 Å². The van der Waals surface area contributed by atoms with Gasteiger partial charge < -0.3 is 0 Å². The van der Waals surface area contributed by atoms with Gasteiger partial charge in [0, 0.05) is 40.0 Å². The monoisotopic (exact) mass is 244 g/mol. The number of thiophene rings is 1. The third-order valence-electron chi connectivity index (χ3n) is 2.26. The van der Waals surface area contributed by atoms with Crippen molar-refractivity contribution in [2.75, 3.05) is 0 Å². The molecule has 16 heavy (non-hydrogen) atoms. The molecule has 0 aromatic carbocycles. The molecule has 78 valence electrons. The summed E-state index contributed by atoms with van der Waals surface area (Å²) in [6, 6.07) is 6.23. The second kappa shape index (κ2) is 4.15. The first-order valence-corrected chi connectivity index (χ1v) is 6.57. The van der Waals surface area contributed by atoms with Crippen molar-refractivity contribution in [3.8, 4) is 20.9 Å². The fraction of sp³-hybridized carbons (Fsp3) is 0. The summed E-state index contributed by atoms with van der Waals surface area (Å²) in [4.78, 5) is 10.7. The second-order valence-electron chi connectivity index (χ2n) is 3.31. The topological polar surface area (TPSA) is 25.8 Å². The molecule has 0 N–H and O–H groups in total. The lowest BCUT2D eigenvalue weighted by molar-refractivity contribution is 1.33. The first-order valence-electron chi connectivity index (χ1n) is 4.81. The van der Waals surface area contributed by atoms with Crippen molar-refractivity contribution in [3.63, 3.8) is 0 Å². The van der Waals surface area contributed by atoms with Gasteiger partial charge in [0.15, 0.2) is 0 Å². The number of hydrogen-bond acceptors (Lipinski definition) is 4. The summed E-state index contributed by atoms with van der Waals surface area (Å²) >= 11 is 3.40. The maximum Gasteiger partial charge on any atom is 0.0797 e. The van der Waals surface area contributed by atoms with Crippen molar-refractivity contribution in [3.05, 3.63) is 47.7 Å². The van der Waals surface area contributed by atoms with E-state index in [9.17, 15) is 0 Å². The Balaban J connectivity index is 2.00. The highest BCUT2D eigenvalue weighted by Crippen LogP contribution is 2.33. The van der Waals surface area contributed by atoms with Crippen LogP contribution in [0.5, 0.6) is 0 Å². The zero-order chi connectivity index (χ0) is 10.8. The number of aromatic nitrogens is 2. The van der Waals surface area contributed by atoms with E-state index in [1.807, 2.05) is 24.0 Å². The van der Waals surface area contributed by atoms with Crippen LogP contribution < -0.4 is 0 Å². The van der Waals surface area contributed by atoms with Crippen LogP contribution in [0.2, 0.25) is 0 Å². The number of nitrogens with zero attached hydrogens (tertiary/aromatic N) is 2. The van der Waals surface area contributed by atoms with E-state index < -0.39 is 0 Å². The van der Waals surface area contributed by atoms with Gasteiger partial charge in [-0.2, -0.15) is 0 Å². The van der Waals surface area contributed by atoms with Crippen molar-refractivity contribution in [2.45, 2.75) is 0 Å². The standard InChI is InChI=1S/C12H8N2S2/c1-2-9(5-13-3-1)11-4-10(7-15-11)12-6-14-8-16-12/h1-8H. The SMILES string of the molecule is c1cncc(-c2cc(-c3cncs3)cs2)c1. The number of rotatable bonds is 2. The molecular weight excluding hydrogens is 236 g/mol. The van der Waals surface area contributed by atoms with Gasteiger partial charge in [0.25, 0.3) is 0 Å². The fourth-order valence-corrected chi connectivity index (χ4v) is 3.07. The Morgan fingerprint density at radius 1 is 0.938 bits per heavy atom. The molecule has 3 aromatic rings. The van der Waals surface area contributed by atoms with E-state index in [-0.39, 0.29) is 0 Å². The van der Waals surface area contributed by atoms with E-state index in [2.05, 4.69) is 27.5 Å². The van der Waals surface area contributed by atoms with Gasteiger partial charge in [0.05, 0.1) is 10.4 Å². The molecule has 2 nitrogen and oxygen atoms in total. The van der Waals surface area contributed by atoms with Gasteiger partial charge in [-0.25, -0.2) is 0 Å². The average molecular weight is 244 g/mol. The summed E-state index contributed by atoms with van der Waals surface area (Å²) in [6.07, 6.45) is 5.59. The molecule has 0 aliphatic heterocycles. The molecule has 0 amide bonds. The van der Waals surface area contributed by atoms with Gasteiger partial charge in [-0.3, -0.25) is 9.97 Å². The average Bonchev–Trinajstić information content (AvgIpc) is 3.01. The van der Waals surface area contributed by atoms with Crippen LogP contribution in [-0.2, 0) is 0 Å². The van der Waals surface area contributed by atoms with E-state index in [1.54, 1.807) is 28.9 Å². The van der Waals surface area contributed by atoms with Crippen LogP contribution in [0, 0.1) is 0 Å². The van der Waals surface area contributed by atoms with E-state index in [0.717, 1.165) is 0 Å². The summed E-state index contributed by atoms with van der Waals surface area (Å²) in [5.74, 6) is 0. The molecule has 0 unspecified atom stereocenters. The molecule has 0 atom stereocenters. The van der Waals surface area contributed by atoms with Crippen LogP contribution in [0.1, 0.15) is 0 Å². The Kier molecular flexibility index (Phi) is 2.52. The smallest absolute Gasteiger partial charge is 0.0797 e. The quantitative estimate of drug-likeness (QED) is 0.682. The summed E-state index contributed by atoms with van der Waals surface area (Å²) in [7, 11) is 0. The Bertz CT molecular complexity index is 570. The summed E-state index contributed by atoms with van der Waals surface area (Å²) in [6.45, 7) is 0. The predicted octanol–water partition coefficient (Wildman–Crippen LogP) is 3.93. The van der Waals surface area contributed by atoms with Crippen LogP contribution >= 0.6 is 22.7 Å². The lowest BCUT2D eigenvalue weighted by atomic mass is 10.2. The number of pyridine rings is 1. The largest absolute Gasteiger partial charge is 0.264 e. The van der Waals surface area contributed by atoms with Crippen molar-refractivity contribution < 1.29 is 0 Å². The summed E-state index contributed by atoms with van der Waals surface area (Å²) in [5.41, 5.74) is 4.27. The van der Waals surface area contributed by atoms with Crippen LogP contribution in [0.4, 0.5) is 0 Å². The molecule has 3 heterocycles. The molecule has 3 rings (SSSR count). The first-order chi connectivity index (χ1) is 7.93. The molecule has 0 aliphatic rings. The lowest BCUT2D eigenvalue weighted by Gasteiger charge is -1.93. The maximum atomic E-state index is 4.13. The summed E-state index contributed by atoms with van der Waals surface area (Å²) < 4.78 is 0. The van der Waals surface area contributed by atoms with Crippen LogP contribution in [-0.4, -0.2) is 9.97 Å². The Morgan fingerprint density at radius 3 is 2.69 bits per heavy atom. The van der Waals surface area contributed by atoms with Crippen molar-refractivity contribution >= 4 is 22.7 Å². The van der Waals surface area contributed by atoms with Crippen LogP contribution in [0.15, 0.2) is 47.7 Å². The number of hydrogen-bond donors (Lipinski definition) is 0. The normalized spacial score (nSPS) is 10.5. The van der Waals surface area contributed by atoms with E-state index in [4.69, 9.17) is 0 Å². The highest BCUT2D eigenvalue weighted by atomic mass is 32.1. The molecule has 0 spiro atoms. The van der Waals surface area contributed by atoms with Gasteiger partial charge in [0.2, 0.25) is 0 Å². The first kappa shape index (κ1) is 9.69. The molecule has 0 saturated heterocycles. The minimum absolute atomic E-state index is 1.17. The van der Waals surface area contributed by atoms with Crippen molar-refractivity contribution in [1.82, 2.24) is 9.97 Å². The molecule has 0 radical (unpaired) electrons. The lowest BCUT2D eigenvalue weighted by Crippen LogP contribution is -1.73. The highest BCUT2D eigenvalue weighted by Gasteiger charge is 2.05. The molecular formula is C12H8N2S2. The molecule has 3 aromatic heterocycles. The predicted molar refractivity (Wildman–Crippen MR) is 68.7 cm³/mol. The van der Waals surface area contributed by atoms with E-state index >= 15 is 0 Å². The van der Waals surface area contributed by atoms with Crippen molar-refractivity contribution in [2.24, 2.45) is 0 Å². The minimum Gasteiger partial charge on any atom is -0.264 e. The van der Waals surface area contributed by atoms with Gasteiger partial charge >= 0.3 is 0 Å². The molecule has 0 saturated carbocycles. The van der Waals surface area contributed by atoms with Gasteiger partial charge in [-0.15, -0.1) is 22.7 Å². The summed E-state index contributed by atoms with van der Waals surface area (Å²) in [5, 5.41) is 2.16. The van der Waals surface area contributed by atoms with Crippen LogP contribution in [0.3, 0.4) is 0 Å². The van der Waals surface area contributed by atoms with Gasteiger partial charge in [-0.1, -0.05) is 6.07 Å². The Hall–Kier alpha value is -1.52. The molecule has 0 aliphatic carbocycles. The molecule has 0 fully saturated rings. The van der Waals surface area contributed by atoms with Crippen LogP contribution in [0.25, 0.3) is 20.9 Å². The fourth-order valence-electron chi connectivity index (χ4n) is 1.48. The Labute approximate surface area is 101 Å². The zero-order valence-electron chi connectivity index (χ0n) is 8.33. The molecule has 0 bridgehead atoms. The van der Waals surface area contributed by atoms with Gasteiger partial charge in [0.1, 0.15) is 0 Å². The highest BCUT2D eigenvalue weighted by molar-refractivity contribution is 7.15. The Morgan fingerprint density at radius 2 is 1.94 bits per heavy atom. The second-order valence-corrected chi connectivity index (χ2v) is 5.10. The third kappa shape index (κ3) is 1.77. The minimum atomic E-state index is 1.17. The van der Waals surface area contributed by atoms with Crippen molar-refractivity contribution in [1.29, 1.82) is 0 Å².